The average Bonchev–Trinajstić information content (AvgIpc) is 2.97. The lowest BCUT2D eigenvalue weighted by atomic mass is 10.1. The summed E-state index contributed by atoms with van der Waals surface area (Å²) in [7, 11) is 0. The molecule has 1 N–H and O–H groups in total. The van der Waals surface area contributed by atoms with Gasteiger partial charge in [-0.05, 0) is 11.5 Å². The topological polar surface area (TPSA) is 13.7 Å². The monoisotopic (exact) mass is 256 g/mol. The number of nitrogens with one attached hydrogen (secondary N) is 1. The molecule has 0 unspecified atom stereocenters. The van der Waals surface area contributed by atoms with Gasteiger partial charge in [-0.25, -0.2) is 0 Å². The van der Waals surface area contributed by atoms with Crippen LogP contribution in [-0.2, 0) is 0 Å². The van der Waals surface area contributed by atoms with Crippen LogP contribution in [0.25, 0.3) is 10.8 Å². The molecule has 1 heterocycles. The summed E-state index contributed by atoms with van der Waals surface area (Å²) in [5, 5.41) is 2.48. The molecule has 1 aliphatic rings. The van der Waals surface area contributed by atoms with E-state index in [1.165, 1.54) is 43.2 Å². The van der Waals surface area contributed by atoms with Gasteiger partial charge in [0, 0.05) is 24.6 Å². The summed E-state index contributed by atoms with van der Waals surface area (Å²) in [6.07, 6.45) is 3.96. The lowest BCUT2D eigenvalue weighted by Gasteiger charge is -2.13. The Labute approximate surface area is 115 Å². The first-order valence-electron chi connectivity index (χ1n) is 7.37. The van der Waals surface area contributed by atoms with E-state index in [1.54, 1.807) is 4.90 Å². The quantitative estimate of drug-likeness (QED) is 0.810. The molecule has 2 aromatic rings. The molecule has 100 valence electrons. The average molecular weight is 256 g/mol. The van der Waals surface area contributed by atoms with Crippen LogP contribution in [0.1, 0.15) is 19.3 Å². The summed E-state index contributed by atoms with van der Waals surface area (Å²) in [5.74, 6) is 1.02. The van der Waals surface area contributed by atoms with Crippen molar-refractivity contribution in [2.45, 2.75) is 19.3 Å². The largest absolute Gasteiger partial charge is 0.493 e. The predicted molar refractivity (Wildman–Crippen MR) is 78.9 cm³/mol. The van der Waals surface area contributed by atoms with Crippen molar-refractivity contribution >= 4 is 10.8 Å². The molecule has 0 aliphatic carbocycles. The van der Waals surface area contributed by atoms with Gasteiger partial charge in [-0.2, -0.15) is 0 Å². The van der Waals surface area contributed by atoms with Gasteiger partial charge in [0.15, 0.2) is 0 Å². The second-order valence-corrected chi connectivity index (χ2v) is 5.39. The van der Waals surface area contributed by atoms with E-state index >= 15 is 0 Å². The van der Waals surface area contributed by atoms with E-state index in [2.05, 4.69) is 42.5 Å². The van der Waals surface area contributed by atoms with Gasteiger partial charge >= 0.3 is 0 Å². The smallest absolute Gasteiger partial charge is 0.127 e. The molecule has 0 amide bonds. The van der Waals surface area contributed by atoms with E-state index in [0.717, 1.165) is 18.8 Å². The standard InChI is InChI=1S/C17H21NO/c1-2-9-16-15(7-1)8-5-10-17(16)19-14-6-13-18-11-3-4-12-18/h1-2,5,7-10H,3-4,6,11-14H2/p+1. The number of rotatable bonds is 5. The van der Waals surface area contributed by atoms with Crippen molar-refractivity contribution in [1.29, 1.82) is 0 Å². The number of fused-ring (bicyclic) bond motifs is 1. The maximum absolute atomic E-state index is 5.97. The van der Waals surface area contributed by atoms with Gasteiger partial charge in [0.1, 0.15) is 5.75 Å². The third-order valence-corrected chi connectivity index (χ3v) is 3.99. The molecule has 0 spiro atoms. The summed E-state index contributed by atoms with van der Waals surface area (Å²) in [6.45, 7) is 4.80. The third-order valence-electron chi connectivity index (χ3n) is 3.99. The first-order chi connectivity index (χ1) is 9.43. The number of hydrogen-bond acceptors (Lipinski definition) is 1. The van der Waals surface area contributed by atoms with E-state index < -0.39 is 0 Å². The number of hydrogen-bond donors (Lipinski definition) is 1. The Kier molecular flexibility index (Phi) is 3.99. The molecule has 0 radical (unpaired) electrons. The van der Waals surface area contributed by atoms with E-state index in [0.29, 0.717) is 0 Å². The molecule has 2 heteroatoms. The van der Waals surface area contributed by atoms with Crippen LogP contribution in [0.3, 0.4) is 0 Å². The van der Waals surface area contributed by atoms with Gasteiger partial charge in [0.2, 0.25) is 0 Å². The fraction of sp³-hybridized carbons (Fsp3) is 0.412. The first kappa shape index (κ1) is 12.5. The maximum Gasteiger partial charge on any atom is 0.127 e. The zero-order valence-corrected chi connectivity index (χ0v) is 11.4. The van der Waals surface area contributed by atoms with Gasteiger partial charge in [-0.15, -0.1) is 0 Å². The third kappa shape index (κ3) is 3.07. The Balaban J connectivity index is 1.56. The van der Waals surface area contributed by atoms with E-state index in [4.69, 9.17) is 4.74 Å². The highest BCUT2D eigenvalue weighted by atomic mass is 16.5. The number of benzene rings is 2. The first-order valence-corrected chi connectivity index (χ1v) is 7.37. The normalized spacial score (nSPS) is 16.0. The maximum atomic E-state index is 5.97. The highest BCUT2D eigenvalue weighted by Gasteiger charge is 2.14. The zero-order valence-electron chi connectivity index (χ0n) is 11.4. The molecule has 1 saturated heterocycles. The van der Waals surface area contributed by atoms with Gasteiger partial charge in [0.25, 0.3) is 0 Å². The van der Waals surface area contributed by atoms with Crippen LogP contribution in [-0.4, -0.2) is 26.2 Å². The van der Waals surface area contributed by atoms with Crippen molar-refractivity contribution < 1.29 is 9.64 Å². The van der Waals surface area contributed by atoms with Crippen LogP contribution < -0.4 is 9.64 Å². The second kappa shape index (κ2) is 6.07. The molecule has 0 bridgehead atoms. The number of likely N-dealkylation sites (tertiary alicyclic amines) is 1. The van der Waals surface area contributed by atoms with E-state index in [-0.39, 0.29) is 0 Å². The fourth-order valence-electron chi connectivity index (χ4n) is 2.95. The molecule has 0 aromatic heterocycles. The second-order valence-electron chi connectivity index (χ2n) is 5.39. The van der Waals surface area contributed by atoms with Crippen LogP contribution in [0, 0.1) is 0 Å². The minimum atomic E-state index is 0.831. The van der Waals surface area contributed by atoms with Crippen LogP contribution in [0.5, 0.6) is 5.75 Å². The van der Waals surface area contributed by atoms with Crippen LogP contribution >= 0.6 is 0 Å². The van der Waals surface area contributed by atoms with Crippen molar-refractivity contribution in [2.24, 2.45) is 0 Å². The van der Waals surface area contributed by atoms with E-state index in [1.807, 2.05) is 0 Å². The fourth-order valence-corrected chi connectivity index (χ4v) is 2.95. The summed E-state index contributed by atoms with van der Waals surface area (Å²) < 4.78 is 5.97. The highest BCUT2D eigenvalue weighted by Crippen LogP contribution is 2.24. The molecule has 2 aromatic carbocycles. The molecular weight excluding hydrogens is 234 g/mol. The molecule has 19 heavy (non-hydrogen) atoms. The minimum absolute atomic E-state index is 0.831. The number of quaternary nitrogens is 1. The van der Waals surface area contributed by atoms with Crippen molar-refractivity contribution in [2.75, 3.05) is 26.2 Å². The molecular formula is C17H22NO+. The molecule has 1 fully saturated rings. The summed E-state index contributed by atoms with van der Waals surface area (Å²) in [6, 6.07) is 14.7. The molecule has 0 atom stereocenters. The van der Waals surface area contributed by atoms with E-state index in [9.17, 15) is 0 Å². The van der Waals surface area contributed by atoms with Gasteiger partial charge in [0.05, 0.1) is 26.2 Å². The summed E-state index contributed by atoms with van der Waals surface area (Å²) >= 11 is 0. The lowest BCUT2D eigenvalue weighted by Crippen LogP contribution is -3.10. The van der Waals surface area contributed by atoms with Crippen molar-refractivity contribution in [3.8, 4) is 5.75 Å². The zero-order chi connectivity index (χ0) is 12.9. The van der Waals surface area contributed by atoms with Gasteiger partial charge < -0.3 is 9.64 Å². The Hall–Kier alpha value is -1.54. The molecule has 2 nitrogen and oxygen atoms in total. The lowest BCUT2D eigenvalue weighted by molar-refractivity contribution is -0.887. The Morgan fingerprint density at radius 1 is 0.947 bits per heavy atom. The Morgan fingerprint density at radius 3 is 2.63 bits per heavy atom. The SMILES string of the molecule is c1ccc2c(OCCC[NH+]3CCCC3)cccc2c1. The van der Waals surface area contributed by atoms with Crippen LogP contribution in [0.4, 0.5) is 0 Å². The van der Waals surface area contributed by atoms with Gasteiger partial charge in [-0.1, -0.05) is 36.4 Å². The summed E-state index contributed by atoms with van der Waals surface area (Å²) in [5.41, 5.74) is 0. The molecule has 1 aliphatic heterocycles. The Bertz CT molecular complexity index is 526. The van der Waals surface area contributed by atoms with Gasteiger partial charge in [-0.3, -0.25) is 0 Å². The number of ether oxygens (including phenoxy) is 1. The van der Waals surface area contributed by atoms with Crippen molar-refractivity contribution in [3.05, 3.63) is 42.5 Å². The predicted octanol–water partition coefficient (Wildman–Crippen LogP) is 2.29. The minimum Gasteiger partial charge on any atom is -0.493 e. The van der Waals surface area contributed by atoms with Crippen LogP contribution in [0.15, 0.2) is 42.5 Å². The Morgan fingerprint density at radius 2 is 1.74 bits per heavy atom. The summed E-state index contributed by atoms with van der Waals surface area (Å²) in [4.78, 5) is 1.75. The van der Waals surface area contributed by atoms with Crippen molar-refractivity contribution in [3.63, 3.8) is 0 Å². The molecule has 0 saturated carbocycles. The van der Waals surface area contributed by atoms with Crippen molar-refractivity contribution in [1.82, 2.24) is 0 Å². The molecule has 3 rings (SSSR count). The van der Waals surface area contributed by atoms with Crippen LogP contribution in [0.2, 0.25) is 0 Å². The highest BCUT2D eigenvalue weighted by molar-refractivity contribution is 5.88.